The fraction of sp³-hybridized carbons (Fsp3) is 0.400. The molecule has 1 aliphatic rings. The van der Waals surface area contributed by atoms with Gasteiger partial charge in [-0.3, -0.25) is 9.78 Å². The summed E-state index contributed by atoms with van der Waals surface area (Å²) in [5.41, 5.74) is 2.37. The van der Waals surface area contributed by atoms with Crippen LogP contribution in [0.15, 0.2) is 54.9 Å². The molecule has 1 aliphatic heterocycles. The van der Waals surface area contributed by atoms with Crippen molar-refractivity contribution in [3.63, 3.8) is 0 Å². The lowest BCUT2D eigenvalue weighted by atomic mass is 9.71. The lowest BCUT2D eigenvalue weighted by Gasteiger charge is -2.37. The molecule has 0 bridgehead atoms. The van der Waals surface area contributed by atoms with Crippen molar-refractivity contribution >= 4 is 5.97 Å². The van der Waals surface area contributed by atoms with Gasteiger partial charge in [-0.2, -0.15) is 0 Å². The Hall–Kier alpha value is -2.16. The van der Waals surface area contributed by atoms with E-state index in [9.17, 15) is 4.79 Å². The third-order valence-corrected chi connectivity index (χ3v) is 4.74. The second-order valence-electron chi connectivity index (χ2n) is 6.21. The van der Waals surface area contributed by atoms with Crippen LogP contribution in [0.1, 0.15) is 49.1 Å². The number of esters is 1. The third kappa shape index (κ3) is 3.44. The monoisotopic (exact) mass is 309 g/mol. The van der Waals surface area contributed by atoms with E-state index in [4.69, 9.17) is 4.74 Å². The predicted molar refractivity (Wildman–Crippen MR) is 90.1 cm³/mol. The van der Waals surface area contributed by atoms with Crippen molar-refractivity contribution in [1.82, 2.24) is 4.98 Å². The Kier molecular flexibility index (Phi) is 5.06. The van der Waals surface area contributed by atoms with Gasteiger partial charge in [0.2, 0.25) is 0 Å². The number of cyclic esters (lactones) is 1. The molecule has 3 unspecified atom stereocenters. The van der Waals surface area contributed by atoms with E-state index in [0.717, 1.165) is 24.8 Å². The molecule has 0 amide bonds. The van der Waals surface area contributed by atoms with Crippen LogP contribution in [0, 0.1) is 5.92 Å². The molecule has 0 aliphatic carbocycles. The van der Waals surface area contributed by atoms with Gasteiger partial charge in [-0.25, -0.2) is 0 Å². The number of rotatable bonds is 5. The second-order valence-corrected chi connectivity index (χ2v) is 6.21. The molecule has 3 nitrogen and oxygen atoms in total. The number of unbranched alkanes of at least 4 members (excludes halogenated alkanes) is 1. The molecule has 1 aromatic carbocycles. The summed E-state index contributed by atoms with van der Waals surface area (Å²) in [6, 6.07) is 14.4. The van der Waals surface area contributed by atoms with Crippen LogP contribution in [0.5, 0.6) is 0 Å². The van der Waals surface area contributed by atoms with E-state index in [1.54, 1.807) is 6.20 Å². The fourth-order valence-corrected chi connectivity index (χ4v) is 3.57. The van der Waals surface area contributed by atoms with Gasteiger partial charge in [0.25, 0.3) is 0 Å². The van der Waals surface area contributed by atoms with E-state index in [2.05, 4.69) is 30.1 Å². The molecule has 0 spiro atoms. The Morgan fingerprint density at radius 1 is 1.13 bits per heavy atom. The van der Waals surface area contributed by atoms with Crippen LogP contribution < -0.4 is 0 Å². The Morgan fingerprint density at radius 2 is 1.91 bits per heavy atom. The van der Waals surface area contributed by atoms with Gasteiger partial charge in [-0.05, 0) is 23.6 Å². The van der Waals surface area contributed by atoms with Gasteiger partial charge in [0.15, 0.2) is 0 Å². The largest absolute Gasteiger partial charge is 0.465 e. The van der Waals surface area contributed by atoms with Gasteiger partial charge in [-0.15, -0.1) is 0 Å². The van der Waals surface area contributed by atoms with Crippen LogP contribution in [0.4, 0.5) is 0 Å². The summed E-state index contributed by atoms with van der Waals surface area (Å²) in [5.74, 6) is 0.191. The molecule has 1 saturated heterocycles. The molecule has 3 rings (SSSR count). The van der Waals surface area contributed by atoms with Gasteiger partial charge in [0, 0.05) is 24.2 Å². The second kappa shape index (κ2) is 7.40. The lowest BCUT2D eigenvalue weighted by molar-refractivity contribution is -0.156. The zero-order valence-corrected chi connectivity index (χ0v) is 13.5. The van der Waals surface area contributed by atoms with E-state index in [1.165, 1.54) is 5.56 Å². The maximum absolute atomic E-state index is 12.4. The molecule has 3 heteroatoms. The van der Waals surface area contributed by atoms with Crippen molar-refractivity contribution in [2.75, 3.05) is 6.61 Å². The van der Waals surface area contributed by atoms with Crippen LogP contribution in [0.3, 0.4) is 0 Å². The number of pyridine rings is 1. The molecular formula is C20H23NO2. The number of hydrogen-bond donors (Lipinski definition) is 0. The Labute approximate surface area is 137 Å². The number of ether oxygens (including phenoxy) is 1. The van der Waals surface area contributed by atoms with E-state index in [-0.39, 0.29) is 23.7 Å². The first-order chi connectivity index (χ1) is 11.3. The van der Waals surface area contributed by atoms with Crippen molar-refractivity contribution in [2.24, 2.45) is 5.92 Å². The highest BCUT2D eigenvalue weighted by atomic mass is 16.5. The fourth-order valence-electron chi connectivity index (χ4n) is 3.57. The highest BCUT2D eigenvalue weighted by Crippen LogP contribution is 2.44. The SMILES string of the molecule is CCCCC1C(=O)OCC(c2ccccc2)C1c1cccnc1. The highest BCUT2D eigenvalue weighted by molar-refractivity contribution is 5.75. The van der Waals surface area contributed by atoms with Crippen molar-refractivity contribution in [3.8, 4) is 0 Å². The maximum Gasteiger partial charge on any atom is 0.309 e. The van der Waals surface area contributed by atoms with E-state index in [1.807, 2.05) is 30.5 Å². The van der Waals surface area contributed by atoms with Gasteiger partial charge in [-0.1, -0.05) is 56.2 Å². The van der Waals surface area contributed by atoms with Gasteiger partial charge >= 0.3 is 5.97 Å². The predicted octanol–water partition coefficient (Wildman–Crippen LogP) is 4.31. The molecule has 1 aromatic heterocycles. The molecule has 0 N–H and O–H groups in total. The van der Waals surface area contributed by atoms with E-state index >= 15 is 0 Å². The van der Waals surface area contributed by atoms with Crippen molar-refractivity contribution in [3.05, 3.63) is 66.0 Å². The minimum atomic E-state index is -0.0851. The standard InChI is InChI=1S/C20H23NO2/c1-2-3-11-17-19(16-10-7-12-21-13-16)18(14-23-20(17)22)15-8-5-4-6-9-15/h4-10,12-13,17-19H,2-3,11,14H2,1H3. The first-order valence-corrected chi connectivity index (χ1v) is 8.42. The molecule has 0 saturated carbocycles. The smallest absolute Gasteiger partial charge is 0.309 e. The summed E-state index contributed by atoms with van der Waals surface area (Å²) in [7, 11) is 0. The van der Waals surface area contributed by atoms with Crippen LogP contribution in [0.2, 0.25) is 0 Å². The van der Waals surface area contributed by atoms with Gasteiger partial charge in [0.1, 0.15) is 0 Å². The quantitative estimate of drug-likeness (QED) is 0.772. The topological polar surface area (TPSA) is 39.2 Å². The Bertz CT molecular complexity index is 627. The van der Waals surface area contributed by atoms with Crippen LogP contribution in [-0.4, -0.2) is 17.6 Å². The molecule has 23 heavy (non-hydrogen) atoms. The van der Waals surface area contributed by atoms with Crippen molar-refractivity contribution in [2.45, 2.75) is 38.0 Å². The zero-order chi connectivity index (χ0) is 16.1. The highest BCUT2D eigenvalue weighted by Gasteiger charge is 2.41. The minimum Gasteiger partial charge on any atom is -0.465 e. The number of carbonyl (C=O) groups excluding carboxylic acids is 1. The first kappa shape index (κ1) is 15.7. The summed E-state index contributed by atoms with van der Waals surface area (Å²) in [5, 5.41) is 0. The molecule has 1 fully saturated rings. The van der Waals surface area contributed by atoms with E-state index < -0.39 is 0 Å². The Morgan fingerprint density at radius 3 is 2.61 bits per heavy atom. The number of aromatic nitrogens is 1. The zero-order valence-electron chi connectivity index (χ0n) is 13.5. The van der Waals surface area contributed by atoms with Gasteiger partial charge < -0.3 is 4.74 Å². The third-order valence-electron chi connectivity index (χ3n) is 4.74. The molecule has 2 heterocycles. The first-order valence-electron chi connectivity index (χ1n) is 8.42. The molecule has 120 valence electrons. The summed E-state index contributed by atoms with van der Waals surface area (Å²) < 4.78 is 5.55. The van der Waals surface area contributed by atoms with E-state index in [0.29, 0.717) is 6.61 Å². The van der Waals surface area contributed by atoms with Crippen LogP contribution in [0.25, 0.3) is 0 Å². The minimum absolute atomic E-state index is 0.0560. The molecule has 2 aromatic rings. The number of carbonyl (C=O) groups is 1. The Balaban J connectivity index is 1.99. The summed E-state index contributed by atoms with van der Waals surface area (Å²) >= 11 is 0. The van der Waals surface area contributed by atoms with Crippen molar-refractivity contribution < 1.29 is 9.53 Å². The van der Waals surface area contributed by atoms with Crippen LogP contribution in [-0.2, 0) is 9.53 Å². The maximum atomic E-state index is 12.4. The summed E-state index contributed by atoms with van der Waals surface area (Å²) in [4.78, 5) is 16.7. The average Bonchev–Trinajstić information content (AvgIpc) is 2.62. The molecular weight excluding hydrogens is 286 g/mol. The summed E-state index contributed by atoms with van der Waals surface area (Å²) in [6.45, 7) is 2.60. The lowest BCUT2D eigenvalue weighted by Crippen LogP contribution is -2.37. The number of hydrogen-bond acceptors (Lipinski definition) is 3. The summed E-state index contributed by atoms with van der Waals surface area (Å²) in [6.07, 6.45) is 6.68. The molecule has 3 atom stereocenters. The molecule has 0 radical (unpaired) electrons. The average molecular weight is 309 g/mol. The number of nitrogens with zero attached hydrogens (tertiary/aromatic N) is 1. The van der Waals surface area contributed by atoms with Crippen molar-refractivity contribution in [1.29, 1.82) is 0 Å². The van der Waals surface area contributed by atoms with Gasteiger partial charge in [0.05, 0.1) is 12.5 Å². The normalized spacial score (nSPS) is 24.2. The number of benzene rings is 1. The van der Waals surface area contributed by atoms with Crippen LogP contribution >= 0.6 is 0 Å².